The zero-order chi connectivity index (χ0) is 12.3. The van der Waals surface area contributed by atoms with Gasteiger partial charge in [0.05, 0.1) is 5.02 Å². The van der Waals surface area contributed by atoms with Gasteiger partial charge in [-0.25, -0.2) is 0 Å². The zero-order valence-electron chi connectivity index (χ0n) is 8.61. The Kier molecular flexibility index (Phi) is 3.30. The van der Waals surface area contributed by atoms with Crippen molar-refractivity contribution < 1.29 is 9.59 Å². The number of hydrogen-bond acceptors (Lipinski definition) is 3. The number of rotatable bonds is 3. The number of hydrogen-bond donors (Lipinski definition) is 0. The van der Waals surface area contributed by atoms with Crippen LogP contribution in [0.15, 0.2) is 36.7 Å². The molecule has 0 aliphatic heterocycles. The molecule has 0 N–H and O–H groups in total. The molecule has 2 aromatic rings. The van der Waals surface area contributed by atoms with Crippen molar-refractivity contribution in [3.8, 4) is 11.1 Å². The smallest absolute Gasteiger partial charge is 0.234 e. The van der Waals surface area contributed by atoms with Gasteiger partial charge >= 0.3 is 0 Å². The van der Waals surface area contributed by atoms with Crippen LogP contribution in [0.1, 0.15) is 11.1 Å². The van der Waals surface area contributed by atoms with Gasteiger partial charge in [0.25, 0.3) is 0 Å². The Morgan fingerprint density at radius 1 is 1.06 bits per heavy atom. The molecule has 2 rings (SSSR count). The van der Waals surface area contributed by atoms with Crippen molar-refractivity contribution in [1.82, 2.24) is 4.98 Å². The summed E-state index contributed by atoms with van der Waals surface area (Å²) in [6.45, 7) is 0. The molecule has 1 heterocycles. The summed E-state index contributed by atoms with van der Waals surface area (Å²) in [5.74, 6) is 0. The predicted octanol–water partition coefficient (Wildman–Crippen LogP) is 2.32. The molecule has 0 amide bonds. The lowest BCUT2D eigenvalue weighted by atomic mass is 9.99. The minimum Gasteiger partial charge on any atom is -0.285 e. The van der Waals surface area contributed by atoms with Gasteiger partial charge in [0.1, 0.15) is 0 Å². The van der Waals surface area contributed by atoms with Crippen molar-refractivity contribution in [3.63, 3.8) is 0 Å². The fourth-order valence-electron chi connectivity index (χ4n) is 1.49. The summed E-state index contributed by atoms with van der Waals surface area (Å²) < 4.78 is 0. The highest BCUT2D eigenvalue weighted by Crippen LogP contribution is 2.25. The Balaban J connectivity index is 2.63. The molecule has 0 atom stereocenters. The number of halogens is 1. The van der Waals surface area contributed by atoms with Gasteiger partial charge in [-0.1, -0.05) is 17.7 Å². The number of aromatic nitrogens is 1. The van der Waals surface area contributed by atoms with Crippen LogP contribution in [0, 0.1) is 0 Å². The highest BCUT2D eigenvalue weighted by molar-refractivity contribution is 6.30. The highest BCUT2D eigenvalue weighted by atomic mass is 35.5. The molecule has 0 fully saturated rings. The molecule has 2 radical (unpaired) electrons. The van der Waals surface area contributed by atoms with Crippen LogP contribution in [0.25, 0.3) is 11.1 Å². The largest absolute Gasteiger partial charge is 0.285 e. The van der Waals surface area contributed by atoms with Crippen LogP contribution in [0.5, 0.6) is 0 Å². The molecular weight excluding hydrogens is 238 g/mol. The molecule has 0 aliphatic carbocycles. The Bertz CT molecular complexity index is 581. The van der Waals surface area contributed by atoms with E-state index in [9.17, 15) is 9.59 Å². The fraction of sp³-hybridized carbons (Fsp3) is 0. The number of benzene rings is 1. The Hall–Kier alpha value is -2.00. The molecule has 0 bridgehead atoms. The molecule has 1 aromatic carbocycles. The Labute approximate surface area is 103 Å². The van der Waals surface area contributed by atoms with E-state index in [1.165, 1.54) is 18.3 Å². The van der Waals surface area contributed by atoms with Crippen LogP contribution in [0.4, 0.5) is 0 Å². The van der Waals surface area contributed by atoms with Crippen molar-refractivity contribution in [3.05, 3.63) is 52.8 Å². The summed E-state index contributed by atoms with van der Waals surface area (Å²) in [4.78, 5) is 25.3. The van der Waals surface area contributed by atoms with Gasteiger partial charge in [-0.05, 0) is 23.8 Å². The van der Waals surface area contributed by atoms with Crippen LogP contribution >= 0.6 is 11.6 Å². The second kappa shape index (κ2) is 4.89. The van der Waals surface area contributed by atoms with Crippen molar-refractivity contribution in [2.45, 2.75) is 0 Å². The second-order valence-corrected chi connectivity index (χ2v) is 3.79. The van der Waals surface area contributed by atoms with E-state index in [-0.39, 0.29) is 0 Å². The molecule has 0 spiro atoms. The van der Waals surface area contributed by atoms with Gasteiger partial charge in [0.2, 0.25) is 12.6 Å². The van der Waals surface area contributed by atoms with Gasteiger partial charge < -0.3 is 0 Å². The SMILES string of the molecule is O=[C]c1ccc([C]=O)c(-c2cncc(Cl)c2)c1. The van der Waals surface area contributed by atoms with Gasteiger partial charge in [0.15, 0.2) is 0 Å². The third-order valence-corrected chi connectivity index (χ3v) is 2.47. The minimum absolute atomic E-state index is 0.355. The summed E-state index contributed by atoms with van der Waals surface area (Å²) >= 11 is 5.83. The van der Waals surface area contributed by atoms with Gasteiger partial charge in [-0.2, -0.15) is 0 Å². The van der Waals surface area contributed by atoms with Crippen molar-refractivity contribution in [2.75, 3.05) is 0 Å². The lowest BCUT2D eigenvalue weighted by Gasteiger charge is -2.05. The van der Waals surface area contributed by atoms with E-state index in [0.29, 0.717) is 27.3 Å². The van der Waals surface area contributed by atoms with E-state index in [1.54, 1.807) is 24.6 Å². The molecule has 0 unspecified atom stereocenters. The molecule has 0 saturated heterocycles. The first-order chi connectivity index (χ1) is 8.24. The van der Waals surface area contributed by atoms with Crippen molar-refractivity contribution in [2.24, 2.45) is 0 Å². The minimum atomic E-state index is 0.355. The van der Waals surface area contributed by atoms with E-state index in [0.717, 1.165) is 0 Å². The molecule has 17 heavy (non-hydrogen) atoms. The standard InChI is InChI=1S/C13H6ClNO2/c14-12-4-11(5-15-6-12)13-3-9(7-16)1-2-10(13)8-17/h1-6H. The zero-order valence-corrected chi connectivity index (χ0v) is 9.36. The molecule has 4 heteroatoms. The highest BCUT2D eigenvalue weighted by Gasteiger charge is 2.07. The summed E-state index contributed by atoms with van der Waals surface area (Å²) in [5.41, 5.74) is 1.94. The molecule has 0 aliphatic rings. The van der Waals surface area contributed by atoms with Gasteiger partial charge in [-0.3, -0.25) is 14.6 Å². The lowest BCUT2D eigenvalue weighted by Crippen LogP contribution is -1.91. The summed E-state index contributed by atoms with van der Waals surface area (Å²) in [7, 11) is 0. The second-order valence-electron chi connectivity index (χ2n) is 3.36. The average molecular weight is 244 g/mol. The number of nitrogens with zero attached hydrogens (tertiary/aromatic N) is 1. The summed E-state index contributed by atoms with van der Waals surface area (Å²) in [5, 5.41) is 0.458. The van der Waals surface area contributed by atoms with E-state index >= 15 is 0 Å². The molecule has 0 saturated carbocycles. The maximum Gasteiger partial charge on any atom is 0.234 e. The van der Waals surface area contributed by atoms with Crippen LogP contribution < -0.4 is 0 Å². The van der Waals surface area contributed by atoms with E-state index in [2.05, 4.69) is 4.98 Å². The van der Waals surface area contributed by atoms with Crippen LogP contribution in [0.3, 0.4) is 0 Å². The molecule has 1 aromatic heterocycles. The third-order valence-electron chi connectivity index (χ3n) is 2.26. The van der Waals surface area contributed by atoms with Gasteiger partial charge in [-0.15, -0.1) is 0 Å². The molecule has 3 nitrogen and oxygen atoms in total. The Morgan fingerprint density at radius 3 is 2.53 bits per heavy atom. The summed E-state index contributed by atoms with van der Waals surface area (Å²) in [6.07, 6.45) is 6.64. The topological polar surface area (TPSA) is 47.0 Å². The summed E-state index contributed by atoms with van der Waals surface area (Å²) in [6, 6.07) is 6.25. The first-order valence-corrected chi connectivity index (χ1v) is 5.13. The van der Waals surface area contributed by atoms with Crippen LogP contribution in [-0.4, -0.2) is 17.6 Å². The van der Waals surface area contributed by atoms with Crippen molar-refractivity contribution in [1.29, 1.82) is 0 Å². The maximum absolute atomic E-state index is 10.8. The van der Waals surface area contributed by atoms with Crippen LogP contribution in [-0.2, 0) is 9.59 Å². The number of pyridine rings is 1. The van der Waals surface area contributed by atoms with Gasteiger partial charge in [0, 0.05) is 29.1 Å². The third kappa shape index (κ3) is 2.40. The Morgan fingerprint density at radius 2 is 1.88 bits per heavy atom. The average Bonchev–Trinajstić information content (AvgIpc) is 2.38. The predicted molar refractivity (Wildman–Crippen MR) is 64.3 cm³/mol. The van der Waals surface area contributed by atoms with E-state index in [1.807, 2.05) is 6.29 Å². The lowest BCUT2D eigenvalue weighted by molar-refractivity contribution is 0.561. The van der Waals surface area contributed by atoms with Crippen LogP contribution in [0.2, 0.25) is 5.02 Å². The first kappa shape index (κ1) is 11.5. The normalized spacial score (nSPS) is 9.94. The van der Waals surface area contributed by atoms with E-state index in [4.69, 9.17) is 11.6 Å². The molecular formula is C13H6ClNO2. The number of carbonyl (C=O) groups excluding carboxylic acids is 2. The first-order valence-electron chi connectivity index (χ1n) is 4.76. The quantitative estimate of drug-likeness (QED) is 0.831. The van der Waals surface area contributed by atoms with Crippen molar-refractivity contribution >= 4 is 24.2 Å². The fourth-order valence-corrected chi connectivity index (χ4v) is 1.67. The van der Waals surface area contributed by atoms with E-state index < -0.39 is 0 Å². The maximum atomic E-state index is 10.8. The monoisotopic (exact) mass is 243 g/mol. The molecule has 82 valence electrons.